The average Bonchev–Trinajstić information content (AvgIpc) is 3.47. The third kappa shape index (κ3) is 5.01. The molecule has 1 amide bonds. The summed E-state index contributed by atoms with van der Waals surface area (Å²) in [6.07, 6.45) is 3.06. The quantitative estimate of drug-likeness (QED) is 0.405. The number of hydrogen-bond donors (Lipinski definition) is 2. The van der Waals surface area contributed by atoms with Crippen LogP contribution in [0.5, 0.6) is 11.5 Å². The molecule has 33 heavy (non-hydrogen) atoms. The van der Waals surface area contributed by atoms with Gasteiger partial charge in [0.15, 0.2) is 11.5 Å². The van der Waals surface area contributed by atoms with Crippen LogP contribution in [0.1, 0.15) is 11.3 Å². The van der Waals surface area contributed by atoms with Crippen molar-refractivity contribution in [3.8, 4) is 28.0 Å². The Hall–Kier alpha value is -4.18. The number of methoxy groups -OCH3 is 2. The summed E-state index contributed by atoms with van der Waals surface area (Å²) in [5, 5.41) is 9.29. The summed E-state index contributed by atoms with van der Waals surface area (Å²) >= 11 is 1.52. The zero-order chi connectivity index (χ0) is 23.4. The highest BCUT2D eigenvalue weighted by Crippen LogP contribution is 2.29. The Kier molecular flexibility index (Phi) is 6.36. The summed E-state index contributed by atoms with van der Waals surface area (Å²) < 4.78 is 11.9. The van der Waals surface area contributed by atoms with Crippen molar-refractivity contribution in [3.05, 3.63) is 75.5 Å². The zero-order valence-corrected chi connectivity index (χ0v) is 19.0. The van der Waals surface area contributed by atoms with Gasteiger partial charge in [-0.25, -0.2) is 4.98 Å². The Bertz CT molecular complexity index is 1370. The third-order valence-corrected chi connectivity index (χ3v) is 5.52. The molecule has 1 aromatic carbocycles. The van der Waals surface area contributed by atoms with Crippen LogP contribution >= 0.6 is 11.3 Å². The molecule has 0 unspecified atom stereocenters. The van der Waals surface area contributed by atoms with E-state index in [1.807, 2.05) is 23.6 Å². The van der Waals surface area contributed by atoms with Gasteiger partial charge >= 0.3 is 0 Å². The van der Waals surface area contributed by atoms with Gasteiger partial charge in [0.05, 0.1) is 19.1 Å². The summed E-state index contributed by atoms with van der Waals surface area (Å²) in [4.78, 5) is 32.6. The second kappa shape index (κ2) is 9.53. The number of aryl methyl sites for hydroxylation is 1. The van der Waals surface area contributed by atoms with E-state index in [-0.39, 0.29) is 17.4 Å². The van der Waals surface area contributed by atoms with Crippen LogP contribution in [0.4, 0.5) is 5.82 Å². The molecular formula is C23H21N5O4S. The van der Waals surface area contributed by atoms with Gasteiger partial charge in [0.2, 0.25) is 11.9 Å². The Labute approximate surface area is 193 Å². The minimum Gasteiger partial charge on any atom is -0.493 e. The number of hydrogen-bond acceptors (Lipinski definition) is 7. The van der Waals surface area contributed by atoms with Crippen molar-refractivity contribution in [1.82, 2.24) is 19.7 Å². The number of thiophene rings is 1. The molecule has 0 saturated heterocycles. The molecule has 0 saturated carbocycles. The predicted octanol–water partition coefficient (Wildman–Crippen LogP) is 3.66. The minimum atomic E-state index is -0.376. The first kappa shape index (κ1) is 22.0. The van der Waals surface area contributed by atoms with Crippen molar-refractivity contribution in [2.75, 3.05) is 19.5 Å². The van der Waals surface area contributed by atoms with E-state index in [0.717, 1.165) is 10.4 Å². The molecule has 4 rings (SSSR count). The molecule has 0 aliphatic carbocycles. The topological polar surface area (TPSA) is 111 Å². The Morgan fingerprint density at radius 2 is 1.97 bits per heavy atom. The maximum atomic E-state index is 12.7. The molecule has 3 aromatic heterocycles. The highest BCUT2D eigenvalue weighted by molar-refractivity contribution is 7.13. The minimum absolute atomic E-state index is 0.210. The third-order valence-electron chi connectivity index (χ3n) is 4.63. The van der Waals surface area contributed by atoms with E-state index >= 15 is 0 Å². The van der Waals surface area contributed by atoms with Gasteiger partial charge < -0.3 is 14.8 Å². The van der Waals surface area contributed by atoms with Crippen LogP contribution in [-0.4, -0.2) is 39.9 Å². The van der Waals surface area contributed by atoms with Crippen molar-refractivity contribution < 1.29 is 14.3 Å². The largest absolute Gasteiger partial charge is 0.493 e. The number of nitrogens with one attached hydrogen (secondary N) is 2. The summed E-state index contributed by atoms with van der Waals surface area (Å²) in [6, 6.07) is 12.3. The highest BCUT2D eigenvalue weighted by atomic mass is 32.1. The molecular weight excluding hydrogens is 442 g/mol. The first-order valence-corrected chi connectivity index (χ1v) is 10.8. The van der Waals surface area contributed by atoms with E-state index in [4.69, 9.17) is 9.47 Å². The highest BCUT2D eigenvalue weighted by Gasteiger charge is 2.15. The molecule has 0 spiro atoms. The maximum Gasteiger partial charge on any atom is 0.252 e. The monoisotopic (exact) mass is 463 g/mol. The number of nitrogens with zero attached hydrogens (tertiary/aromatic N) is 3. The molecule has 0 fully saturated rings. The second-order valence-electron chi connectivity index (χ2n) is 6.95. The summed E-state index contributed by atoms with van der Waals surface area (Å²) in [5.74, 6) is 1.37. The number of rotatable bonds is 7. The van der Waals surface area contributed by atoms with Gasteiger partial charge in [-0.1, -0.05) is 12.1 Å². The Balaban J connectivity index is 1.63. The lowest BCUT2D eigenvalue weighted by Gasteiger charge is -2.08. The molecule has 0 bridgehead atoms. The first-order valence-electron chi connectivity index (χ1n) is 9.90. The molecule has 2 N–H and O–H groups in total. The van der Waals surface area contributed by atoms with Gasteiger partial charge in [0, 0.05) is 23.9 Å². The van der Waals surface area contributed by atoms with E-state index in [1.54, 1.807) is 45.4 Å². The molecule has 4 aromatic rings. The fraction of sp³-hybridized carbons (Fsp3) is 0.130. The summed E-state index contributed by atoms with van der Waals surface area (Å²) in [5.41, 5.74) is 1.64. The van der Waals surface area contributed by atoms with Gasteiger partial charge in [-0.2, -0.15) is 9.78 Å². The second-order valence-corrected chi connectivity index (χ2v) is 7.90. The van der Waals surface area contributed by atoms with Crippen molar-refractivity contribution in [2.45, 2.75) is 6.92 Å². The number of H-pyrrole nitrogens is 1. The average molecular weight is 464 g/mol. The number of carbonyl (C=O) groups is 1. The molecule has 0 aliphatic heterocycles. The summed E-state index contributed by atoms with van der Waals surface area (Å²) in [6.45, 7) is 1.71. The van der Waals surface area contributed by atoms with Crippen LogP contribution in [-0.2, 0) is 4.79 Å². The van der Waals surface area contributed by atoms with Gasteiger partial charge in [-0.05, 0) is 42.1 Å². The smallest absolute Gasteiger partial charge is 0.252 e. The molecule has 0 radical (unpaired) electrons. The van der Waals surface area contributed by atoms with E-state index in [2.05, 4.69) is 20.4 Å². The standard InChI is InChI=1S/C23H21N5O4S/c1-14-11-22(30)26-23(24-14)28-20(13-16(27-28)19-5-4-10-33-19)25-21(29)9-7-15-6-8-17(31-2)18(12-15)32-3/h4-13H,1-3H3,(H,25,29)(H,24,26,30)/b9-7-. The van der Waals surface area contributed by atoms with Crippen molar-refractivity contribution in [1.29, 1.82) is 0 Å². The number of amides is 1. The van der Waals surface area contributed by atoms with E-state index in [0.29, 0.717) is 28.7 Å². The molecule has 0 aliphatic rings. The fourth-order valence-corrected chi connectivity index (χ4v) is 3.82. The fourth-order valence-electron chi connectivity index (χ4n) is 3.14. The van der Waals surface area contributed by atoms with E-state index < -0.39 is 0 Å². The van der Waals surface area contributed by atoms with Crippen LogP contribution in [0.3, 0.4) is 0 Å². The van der Waals surface area contributed by atoms with Crippen molar-refractivity contribution in [3.63, 3.8) is 0 Å². The van der Waals surface area contributed by atoms with Crippen LogP contribution in [0.25, 0.3) is 22.6 Å². The SMILES string of the molecule is COc1ccc(/C=C\C(=O)Nc2cc(-c3cccs3)nn2-c2nc(C)cc(=O)[nH]2)cc1OC. The van der Waals surface area contributed by atoms with Crippen LogP contribution in [0.2, 0.25) is 0 Å². The molecule has 0 atom stereocenters. The first-order chi connectivity index (χ1) is 16.0. The van der Waals surface area contributed by atoms with Crippen molar-refractivity contribution in [2.24, 2.45) is 0 Å². The molecule has 10 heteroatoms. The van der Waals surface area contributed by atoms with Gasteiger partial charge in [0.25, 0.3) is 5.56 Å². The van der Waals surface area contributed by atoms with Crippen LogP contribution in [0, 0.1) is 6.92 Å². The van der Waals surface area contributed by atoms with Gasteiger partial charge in [-0.15, -0.1) is 11.3 Å². The number of benzene rings is 1. The Morgan fingerprint density at radius 3 is 2.67 bits per heavy atom. The van der Waals surface area contributed by atoms with E-state index in [1.165, 1.54) is 28.2 Å². The lowest BCUT2D eigenvalue weighted by atomic mass is 10.2. The maximum absolute atomic E-state index is 12.7. The molecule has 168 valence electrons. The van der Waals surface area contributed by atoms with Gasteiger partial charge in [-0.3, -0.25) is 14.6 Å². The number of aromatic amines is 1. The zero-order valence-electron chi connectivity index (χ0n) is 18.2. The number of anilines is 1. The predicted molar refractivity (Wildman–Crippen MR) is 127 cm³/mol. The van der Waals surface area contributed by atoms with Crippen LogP contribution < -0.4 is 20.3 Å². The Morgan fingerprint density at radius 1 is 1.15 bits per heavy atom. The normalized spacial score (nSPS) is 11.0. The number of aromatic nitrogens is 4. The molecule has 9 nitrogen and oxygen atoms in total. The lowest BCUT2D eigenvalue weighted by molar-refractivity contribution is -0.111. The number of ether oxygens (including phenoxy) is 2. The van der Waals surface area contributed by atoms with Crippen molar-refractivity contribution >= 4 is 29.1 Å². The van der Waals surface area contributed by atoms with Gasteiger partial charge in [0.1, 0.15) is 11.5 Å². The van der Waals surface area contributed by atoms with Crippen LogP contribution in [0.15, 0.2) is 58.7 Å². The number of carbonyl (C=O) groups excluding carboxylic acids is 1. The van der Waals surface area contributed by atoms with E-state index in [9.17, 15) is 9.59 Å². The molecule has 3 heterocycles. The summed E-state index contributed by atoms with van der Waals surface area (Å²) in [7, 11) is 3.11. The lowest BCUT2D eigenvalue weighted by Crippen LogP contribution is -2.17.